The average molecular weight is 386 g/mol. The van der Waals surface area contributed by atoms with Gasteiger partial charge in [0.25, 0.3) is 0 Å². The highest BCUT2D eigenvalue weighted by atomic mass is 16.6. The molecule has 2 aromatic rings. The fourth-order valence-corrected chi connectivity index (χ4v) is 4.92. The largest absolute Gasteiger partial charge is 0.462 e. The van der Waals surface area contributed by atoms with Gasteiger partial charge >= 0.3 is 5.97 Å². The van der Waals surface area contributed by atoms with Crippen LogP contribution in [-0.4, -0.2) is 17.1 Å². The molecule has 1 aromatic carbocycles. The predicted molar refractivity (Wildman–Crippen MR) is 112 cm³/mol. The molecule has 0 bridgehead atoms. The van der Waals surface area contributed by atoms with Crippen LogP contribution >= 0.6 is 0 Å². The van der Waals surface area contributed by atoms with Crippen LogP contribution in [0.25, 0.3) is 17.2 Å². The maximum atomic E-state index is 12.1. The molecule has 2 aliphatic rings. The van der Waals surface area contributed by atoms with Crippen LogP contribution in [0, 0.1) is 40.9 Å². The molecule has 0 amide bonds. The number of nitrogens with zero attached hydrogens (tertiary/aromatic N) is 2. The molecule has 148 valence electrons. The number of hydrogen-bond donors (Lipinski definition) is 0. The first-order valence-corrected chi connectivity index (χ1v) is 10.3. The van der Waals surface area contributed by atoms with Gasteiger partial charge in [-0.3, -0.25) is 9.78 Å². The maximum Gasteiger partial charge on any atom is 0.309 e. The van der Waals surface area contributed by atoms with Crippen LogP contribution in [0.4, 0.5) is 0 Å². The van der Waals surface area contributed by atoms with E-state index in [1.54, 1.807) is 0 Å². The normalized spacial score (nSPS) is 31.3. The molecule has 1 saturated carbocycles. The van der Waals surface area contributed by atoms with E-state index in [-0.39, 0.29) is 23.9 Å². The first-order chi connectivity index (χ1) is 14.0. The van der Waals surface area contributed by atoms with E-state index in [9.17, 15) is 10.1 Å². The van der Waals surface area contributed by atoms with E-state index >= 15 is 0 Å². The van der Waals surface area contributed by atoms with Crippen molar-refractivity contribution >= 4 is 12.0 Å². The average Bonchev–Trinajstić information content (AvgIpc) is 3.02. The van der Waals surface area contributed by atoms with Crippen molar-refractivity contribution in [2.45, 2.75) is 33.3 Å². The number of benzene rings is 1. The Morgan fingerprint density at radius 2 is 1.97 bits per heavy atom. The molecule has 29 heavy (non-hydrogen) atoms. The minimum atomic E-state index is -0.0571. The summed E-state index contributed by atoms with van der Waals surface area (Å²) in [5.74, 6) is 1.44. The minimum Gasteiger partial charge on any atom is -0.462 e. The second-order valence-electron chi connectivity index (χ2n) is 8.48. The third-order valence-corrected chi connectivity index (χ3v) is 6.83. The molecule has 0 N–H and O–H groups in total. The number of allylic oxidation sites excluding steroid dienone is 1. The SMILES string of the molecule is C[C@H]1[C@H](C=Cc2ccc(-c3ccccc3C#N)cn2)[C@H]2[C@@H](C[C@@H]1C)OC(=O)[C@@H]2C. The lowest BCUT2D eigenvalue weighted by atomic mass is 9.64. The van der Waals surface area contributed by atoms with Gasteiger partial charge in [0.2, 0.25) is 0 Å². The topological polar surface area (TPSA) is 63.0 Å². The van der Waals surface area contributed by atoms with Gasteiger partial charge in [-0.05, 0) is 42.4 Å². The van der Waals surface area contributed by atoms with Gasteiger partial charge in [0.1, 0.15) is 6.10 Å². The number of rotatable bonds is 3. The summed E-state index contributed by atoms with van der Waals surface area (Å²) in [6, 6.07) is 13.8. The summed E-state index contributed by atoms with van der Waals surface area (Å²) < 4.78 is 5.65. The third kappa shape index (κ3) is 3.58. The molecule has 0 unspecified atom stereocenters. The van der Waals surface area contributed by atoms with Crippen molar-refractivity contribution in [1.29, 1.82) is 5.26 Å². The van der Waals surface area contributed by atoms with E-state index in [0.717, 1.165) is 23.2 Å². The van der Waals surface area contributed by atoms with Gasteiger partial charge in [-0.2, -0.15) is 5.26 Å². The highest BCUT2D eigenvalue weighted by molar-refractivity contribution is 5.75. The van der Waals surface area contributed by atoms with Gasteiger partial charge < -0.3 is 4.74 Å². The molecule has 2 heterocycles. The van der Waals surface area contributed by atoms with Gasteiger partial charge in [0.15, 0.2) is 0 Å². The van der Waals surface area contributed by atoms with Crippen LogP contribution in [-0.2, 0) is 9.53 Å². The van der Waals surface area contributed by atoms with Gasteiger partial charge in [0.05, 0.1) is 23.2 Å². The fraction of sp³-hybridized carbons (Fsp3) is 0.400. The Balaban J connectivity index is 1.57. The standard InChI is InChI=1S/C25H26N2O2/c1-15-12-23-24(17(3)25(28)29-23)21(16(15)2)11-10-20-9-8-19(14-27-20)22-7-5-4-6-18(22)13-26/h4-11,14-17,21,23-24H,12H2,1-3H3/t15-,16+,17+,21-,23+,24-/m0/s1. The summed E-state index contributed by atoms with van der Waals surface area (Å²) in [5, 5.41) is 9.31. The number of carbonyl (C=O) groups is 1. The Hall–Kier alpha value is -2.93. The van der Waals surface area contributed by atoms with Gasteiger partial charge in [0, 0.05) is 23.2 Å². The summed E-state index contributed by atoms with van der Waals surface area (Å²) in [5.41, 5.74) is 3.35. The van der Waals surface area contributed by atoms with Crippen molar-refractivity contribution in [1.82, 2.24) is 4.98 Å². The van der Waals surface area contributed by atoms with Gasteiger partial charge in [-0.1, -0.05) is 51.1 Å². The van der Waals surface area contributed by atoms with E-state index in [2.05, 4.69) is 37.1 Å². The van der Waals surface area contributed by atoms with Crippen LogP contribution in [0.2, 0.25) is 0 Å². The highest BCUT2D eigenvalue weighted by Crippen LogP contribution is 2.48. The van der Waals surface area contributed by atoms with E-state index in [0.29, 0.717) is 23.3 Å². The molecular formula is C25H26N2O2. The molecule has 4 rings (SSSR count). The lowest BCUT2D eigenvalue weighted by molar-refractivity contribution is -0.144. The highest BCUT2D eigenvalue weighted by Gasteiger charge is 2.50. The molecule has 1 aliphatic heterocycles. The molecule has 2 fully saturated rings. The zero-order valence-electron chi connectivity index (χ0n) is 17.1. The summed E-state index contributed by atoms with van der Waals surface area (Å²) in [6.07, 6.45) is 7.10. The van der Waals surface area contributed by atoms with E-state index in [1.807, 2.05) is 49.5 Å². The molecular weight excluding hydrogens is 360 g/mol. The Morgan fingerprint density at radius 1 is 1.17 bits per heavy atom. The van der Waals surface area contributed by atoms with Crippen molar-refractivity contribution in [3.8, 4) is 17.2 Å². The number of fused-ring (bicyclic) bond motifs is 1. The van der Waals surface area contributed by atoms with Gasteiger partial charge in [-0.15, -0.1) is 0 Å². The van der Waals surface area contributed by atoms with Gasteiger partial charge in [-0.25, -0.2) is 0 Å². The summed E-state index contributed by atoms with van der Waals surface area (Å²) in [6.45, 7) is 6.52. The monoisotopic (exact) mass is 386 g/mol. The van der Waals surface area contributed by atoms with Crippen LogP contribution in [0.15, 0.2) is 48.7 Å². The number of aromatic nitrogens is 1. The Morgan fingerprint density at radius 3 is 2.69 bits per heavy atom. The Kier molecular flexibility index (Phi) is 5.24. The first kappa shape index (κ1) is 19.4. The number of hydrogen-bond acceptors (Lipinski definition) is 4. The fourth-order valence-electron chi connectivity index (χ4n) is 4.92. The number of esters is 1. The van der Waals surface area contributed by atoms with E-state index in [4.69, 9.17) is 4.74 Å². The van der Waals surface area contributed by atoms with Crippen molar-refractivity contribution in [3.63, 3.8) is 0 Å². The smallest absolute Gasteiger partial charge is 0.309 e. The minimum absolute atomic E-state index is 0.0381. The second kappa shape index (κ2) is 7.83. The molecule has 4 heteroatoms. The van der Waals surface area contributed by atoms with E-state index in [1.165, 1.54) is 0 Å². The summed E-state index contributed by atoms with van der Waals surface area (Å²) in [4.78, 5) is 16.7. The maximum absolute atomic E-state index is 12.1. The van der Waals surface area contributed by atoms with Crippen molar-refractivity contribution in [2.75, 3.05) is 0 Å². The Bertz CT molecular complexity index is 973. The molecule has 4 nitrogen and oxygen atoms in total. The predicted octanol–water partition coefficient (Wildman–Crippen LogP) is 5.10. The number of carbonyl (C=O) groups excluding carboxylic acids is 1. The Labute approximate surface area is 172 Å². The number of ether oxygens (including phenoxy) is 1. The van der Waals surface area contributed by atoms with Crippen LogP contribution in [0.3, 0.4) is 0 Å². The molecule has 1 aliphatic carbocycles. The number of nitriles is 1. The zero-order chi connectivity index (χ0) is 20.5. The quantitative estimate of drug-likeness (QED) is 0.688. The first-order valence-electron chi connectivity index (χ1n) is 10.3. The lowest BCUT2D eigenvalue weighted by Gasteiger charge is -2.40. The second-order valence-corrected chi connectivity index (χ2v) is 8.48. The molecule has 1 saturated heterocycles. The molecule has 1 aromatic heterocycles. The third-order valence-electron chi connectivity index (χ3n) is 6.83. The molecule has 0 radical (unpaired) electrons. The zero-order valence-corrected chi connectivity index (χ0v) is 17.1. The van der Waals surface area contributed by atoms with Crippen molar-refractivity contribution in [3.05, 3.63) is 59.9 Å². The van der Waals surface area contributed by atoms with Crippen molar-refractivity contribution < 1.29 is 9.53 Å². The summed E-state index contributed by atoms with van der Waals surface area (Å²) in [7, 11) is 0. The molecule has 0 spiro atoms. The lowest BCUT2D eigenvalue weighted by Crippen LogP contribution is -2.40. The summed E-state index contributed by atoms with van der Waals surface area (Å²) >= 11 is 0. The van der Waals surface area contributed by atoms with Crippen LogP contribution in [0.1, 0.15) is 38.4 Å². The number of pyridine rings is 1. The molecule has 6 atom stereocenters. The van der Waals surface area contributed by atoms with Crippen LogP contribution in [0.5, 0.6) is 0 Å². The van der Waals surface area contributed by atoms with E-state index < -0.39 is 0 Å². The van der Waals surface area contributed by atoms with Crippen LogP contribution < -0.4 is 0 Å². The van der Waals surface area contributed by atoms with Crippen molar-refractivity contribution in [2.24, 2.45) is 29.6 Å².